The van der Waals surface area contributed by atoms with Crippen molar-refractivity contribution in [2.75, 3.05) is 7.11 Å². The number of alkyl carbamates (subject to hydrolysis) is 1. The van der Waals surface area contributed by atoms with Crippen LogP contribution in [0.3, 0.4) is 0 Å². The smallest absolute Gasteiger partial charge is 0.408 e. The summed E-state index contributed by atoms with van der Waals surface area (Å²) in [5.41, 5.74) is -1.03. The second-order valence-corrected chi connectivity index (χ2v) is 6.02. The fourth-order valence-electron chi connectivity index (χ4n) is 1.76. The Morgan fingerprint density at radius 3 is 2.05 bits per heavy atom. The van der Waals surface area contributed by atoms with Crippen LogP contribution in [-0.4, -0.2) is 31.1 Å². The lowest BCUT2D eigenvalue weighted by molar-refractivity contribution is -0.113. The van der Waals surface area contributed by atoms with Gasteiger partial charge in [-0.3, -0.25) is 0 Å². The van der Waals surface area contributed by atoms with Crippen molar-refractivity contribution in [3.63, 3.8) is 0 Å². The van der Waals surface area contributed by atoms with E-state index in [1.807, 2.05) is 0 Å². The van der Waals surface area contributed by atoms with Gasteiger partial charge in [0.2, 0.25) is 0 Å². The molecule has 1 aromatic carbocycles. The topological polar surface area (TPSA) is 81.7 Å². The van der Waals surface area contributed by atoms with Gasteiger partial charge in [0.05, 0.1) is 12.7 Å². The van der Waals surface area contributed by atoms with E-state index in [4.69, 9.17) is 4.74 Å². The highest BCUT2D eigenvalue weighted by atomic mass is 16.6. The first-order valence-corrected chi connectivity index (χ1v) is 6.77. The Bertz CT molecular complexity index is 559. The van der Waals surface area contributed by atoms with Gasteiger partial charge in [-0.1, -0.05) is 12.1 Å². The Kier molecular flexibility index (Phi) is 5.30. The van der Waals surface area contributed by atoms with E-state index in [2.05, 4.69) is 10.1 Å². The van der Waals surface area contributed by atoms with Crippen LogP contribution >= 0.6 is 0 Å². The summed E-state index contributed by atoms with van der Waals surface area (Å²) in [4.78, 5) is 34.7. The first-order chi connectivity index (χ1) is 10.1. The molecule has 1 N–H and O–H groups in total. The lowest BCUT2D eigenvalue weighted by Gasteiger charge is -2.28. The number of ether oxygens (including phenoxy) is 2. The number of carbonyl (C=O) groups excluding carboxylic acids is 3. The number of amides is 1. The van der Waals surface area contributed by atoms with Gasteiger partial charge in [0.25, 0.3) is 0 Å². The van der Waals surface area contributed by atoms with Gasteiger partial charge in [-0.05, 0) is 45.4 Å². The summed E-state index contributed by atoms with van der Waals surface area (Å²) in [5.74, 6) is -0.473. The van der Waals surface area contributed by atoms with Gasteiger partial charge in [0.15, 0.2) is 0 Å². The molecule has 22 heavy (non-hydrogen) atoms. The highest BCUT2D eigenvalue weighted by Crippen LogP contribution is 2.20. The van der Waals surface area contributed by atoms with E-state index in [0.717, 1.165) is 0 Å². The van der Waals surface area contributed by atoms with Crippen molar-refractivity contribution in [2.45, 2.75) is 38.8 Å². The highest BCUT2D eigenvalue weighted by molar-refractivity contribution is 5.89. The predicted molar refractivity (Wildman–Crippen MR) is 80.6 cm³/mol. The summed E-state index contributed by atoms with van der Waals surface area (Å²) < 4.78 is 9.76. The number of hydrogen-bond donors (Lipinski definition) is 1. The summed E-state index contributed by atoms with van der Waals surface area (Å²) in [6.07, 6.45) is -0.0801. The summed E-state index contributed by atoms with van der Waals surface area (Å²) >= 11 is 0. The fourth-order valence-corrected chi connectivity index (χ4v) is 1.76. The summed E-state index contributed by atoms with van der Waals surface area (Å²) in [6, 6.07) is 6.22. The molecule has 120 valence electrons. The van der Waals surface area contributed by atoms with Crippen LogP contribution in [0.1, 0.15) is 43.6 Å². The molecule has 1 atom stereocenters. The number of hydrogen-bond acceptors (Lipinski definition) is 5. The lowest BCUT2D eigenvalue weighted by Crippen LogP contribution is -2.46. The lowest BCUT2D eigenvalue weighted by atomic mass is 9.93. The SMILES string of the molecule is COC(=O)c1ccc(C(C)(C=O)NC(=O)OC(C)(C)C)cc1. The van der Waals surface area contributed by atoms with E-state index in [1.165, 1.54) is 19.2 Å². The van der Waals surface area contributed by atoms with E-state index in [1.54, 1.807) is 39.8 Å². The number of rotatable bonds is 4. The average Bonchev–Trinajstić information content (AvgIpc) is 2.44. The van der Waals surface area contributed by atoms with E-state index in [0.29, 0.717) is 17.4 Å². The number of aldehydes is 1. The number of methoxy groups -OCH3 is 1. The summed E-state index contributed by atoms with van der Waals surface area (Å²) in [5, 5.41) is 2.53. The molecule has 0 saturated heterocycles. The van der Waals surface area contributed by atoms with Crippen molar-refractivity contribution >= 4 is 18.3 Å². The van der Waals surface area contributed by atoms with Crippen molar-refractivity contribution < 1.29 is 23.9 Å². The molecule has 1 unspecified atom stereocenters. The Morgan fingerprint density at radius 1 is 1.09 bits per heavy atom. The van der Waals surface area contributed by atoms with Crippen LogP contribution in [0.25, 0.3) is 0 Å². The molecular weight excluding hydrogens is 286 g/mol. The third-order valence-electron chi connectivity index (χ3n) is 2.90. The molecule has 0 aliphatic carbocycles. The second-order valence-electron chi connectivity index (χ2n) is 6.02. The third kappa shape index (κ3) is 4.58. The van der Waals surface area contributed by atoms with Crippen molar-refractivity contribution in [1.82, 2.24) is 5.32 Å². The first kappa shape index (κ1) is 17.7. The van der Waals surface area contributed by atoms with Gasteiger partial charge in [-0.25, -0.2) is 9.59 Å². The van der Waals surface area contributed by atoms with Crippen molar-refractivity contribution in [3.05, 3.63) is 35.4 Å². The van der Waals surface area contributed by atoms with Crippen LogP contribution in [0, 0.1) is 0 Å². The van der Waals surface area contributed by atoms with Gasteiger partial charge in [0, 0.05) is 0 Å². The summed E-state index contributed by atoms with van der Waals surface area (Å²) in [6.45, 7) is 6.75. The minimum atomic E-state index is -1.25. The fraction of sp³-hybridized carbons (Fsp3) is 0.438. The van der Waals surface area contributed by atoms with E-state index >= 15 is 0 Å². The van der Waals surface area contributed by atoms with Crippen LogP contribution in [-0.2, 0) is 19.8 Å². The van der Waals surface area contributed by atoms with E-state index in [9.17, 15) is 14.4 Å². The first-order valence-electron chi connectivity index (χ1n) is 6.77. The van der Waals surface area contributed by atoms with Gasteiger partial charge in [-0.2, -0.15) is 0 Å². The Balaban J connectivity index is 2.96. The molecule has 6 nitrogen and oxygen atoms in total. The molecule has 0 aliphatic rings. The Morgan fingerprint density at radius 2 is 1.64 bits per heavy atom. The molecule has 0 aromatic heterocycles. The minimum Gasteiger partial charge on any atom is -0.465 e. The zero-order valence-corrected chi connectivity index (χ0v) is 13.4. The molecule has 1 amide bonds. The molecule has 0 saturated carbocycles. The monoisotopic (exact) mass is 307 g/mol. The quantitative estimate of drug-likeness (QED) is 0.682. The zero-order valence-electron chi connectivity index (χ0n) is 13.4. The van der Waals surface area contributed by atoms with E-state index in [-0.39, 0.29) is 0 Å². The van der Waals surface area contributed by atoms with Gasteiger partial charge >= 0.3 is 12.1 Å². The molecule has 0 heterocycles. The summed E-state index contributed by atoms with van der Waals surface area (Å²) in [7, 11) is 1.29. The normalized spacial score (nSPS) is 13.7. The minimum absolute atomic E-state index is 0.358. The number of carbonyl (C=O) groups is 3. The van der Waals surface area contributed by atoms with Crippen LogP contribution < -0.4 is 5.32 Å². The van der Waals surface area contributed by atoms with Gasteiger partial charge in [0.1, 0.15) is 17.4 Å². The van der Waals surface area contributed by atoms with Gasteiger partial charge in [-0.15, -0.1) is 0 Å². The Labute approximate surface area is 129 Å². The maximum atomic E-state index is 11.9. The molecule has 0 aliphatic heterocycles. The predicted octanol–water partition coefficient (Wildman–Crippen LogP) is 2.41. The van der Waals surface area contributed by atoms with Crippen molar-refractivity contribution in [2.24, 2.45) is 0 Å². The van der Waals surface area contributed by atoms with E-state index < -0.39 is 23.2 Å². The molecule has 0 bridgehead atoms. The molecule has 0 fully saturated rings. The van der Waals surface area contributed by atoms with Crippen LogP contribution in [0.15, 0.2) is 24.3 Å². The highest BCUT2D eigenvalue weighted by Gasteiger charge is 2.30. The van der Waals surface area contributed by atoms with Crippen LogP contribution in [0.2, 0.25) is 0 Å². The zero-order chi connectivity index (χ0) is 17.0. The van der Waals surface area contributed by atoms with Gasteiger partial charge < -0.3 is 19.6 Å². The van der Waals surface area contributed by atoms with Crippen LogP contribution in [0.5, 0.6) is 0 Å². The molecule has 1 rings (SSSR count). The molecule has 1 aromatic rings. The third-order valence-corrected chi connectivity index (χ3v) is 2.90. The Hall–Kier alpha value is -2.37. The molecule has 6 heteroatoms. The van der Waals surface area contributed by atoms with Crippen molar-refractivity contribution in [3.8, 4) is 0 Å². The second kappa shape index (κ2) is 6.60. The number of benzene rings is 1. The number of esters is 1. The largest absolute Gasteiger partial charge is 0.465 e. The maximum absolute atomic E-state index is 11.9. The molecule has 0 spiro atoms. The van der Waals surface area contributed by atoms with Crippen molar-refractivity contribution in [1.29, 1.82) is 0 Å². The maximum Gasteiger partial charge on any atom is 0.408 e. The standard InChI is InChI=1S/C16H21NO5/c1-15(2,3)22-14(20)17-16(4,10-18)12-8-6-11(7-9-12)13(19)21-5/h6-10H,1-5H3,(H,17,20). The van der Waals surface area contributed by atoms with Crippen LogP contribution in [0.4, 0.5) is 4.79 Å². The molecule has 0 radical (unpaired) electrons. The number of nitrogens with one attached hydrogen (secondary N) is 1. The molecular formula is C16H21NO5. The average molecular weight is 307 g/mol.